The van der Waals surface area contributed by atoms with E-state index in [4.69, 9.17) is 12.2 Å². The third kappa shape index (κ3) is 1.41. The van der Waals surface area contributed by atoms with Gasteiger partial charge in [0.15, 0.2) is 0 Å². The minimum absolute atomic E-state index is 0.167. The third-order valence-electron chi connectivity index (χ3n) is 2.74. The summed E-state index contributed by atoms with van der Waals surface area (Å²) in [4.78, 5) is 6.49. The Morgan fingerprint density at radius 2 is 1.94 bits per heavy atom. The van der Waals surface area contributed by atoms with Crippen LogP contribution < -0.4 is 0 Å². The highest BCUT2D eigenvalue weighted by molar-refractivity contribution is 7.80. The van der Waals surface area contributed by atoms with Gasteiger partial charge >= 0.3 is 0 Å². The average Bonchev–Trinajstić information content (AvgIpc) is 2.69. The molecule has 78 valence electrons. The molecule has 0 amide bonds. The molecule has 0 saturated heterocycles. The molecule has 0 bridgehead atoms. The first-order chi connectivity index (χ1) is 7.86. The normalized spacial score (nSPS) is 22.2. The molecule has 1 atom stereocenters. The summed E-state index contributed by atoms with van der Waals surface area (Å²) in [6.07, 6.45) is 8.11. The predicted molar refractivity (Wildman–Crippen MR) is 69.5 cm³/mol. The van der Waals surface area contributed by atoms with Crippen molar-refractivity contribution in [1.29, 1.82) is 0 Å². The largest absolute Gasteiger partial charge is 0.311 e. The fraction of sp³-hybridized carbons (Fsp3) is 0.0769. The second-order valence-electron chi connectivity index (χ2n) is 3.72. The summed E-state index contributed by atoms with van der Waals surface area (Å²) >= 11 is 5.25. The minimum Gasteiger partial charge on any atom is -0.311 e. The molecule has 1 aromatic carbocycles. The molecule has 2 nitrogen and oxygen atoms in total. The van der Waals surface area contributed by atoms with Gasteiger partial charge in [-0.05, 0) is 23.9 Å². The number of benzene rings is 1. The molecule has 0 aromatic heterocycles. The van der Waals surface area contributed by atoms with E-state index < -0.39 is 0 Å². The highest BCUT2D eigenvalue weighted by Gasteiger charge is 2.30. The zero-order valence-electron chi connectivity index (χ0n) is 8.58. The Bertz CT molecular complexity index is 514. The van der Waals surface area contributed by atoms with Crippen molar-refractivity contribution in [2.75, 3.05) is 0 Å². The van der Waals surface area contributed by atoms with Crippen molar-refractivity contribution in [2.45, 2.75) is 6.04 Å². The maximum absolute atomic E-state index is 5.25. The number of hydrogen-bond acceptors (Lipinski definition) is 1. The molecule has 3 heteroatoms. The first-order valence-electron chi connectivity index (χ1n) is 5.17. The number of allylic oxidation sites excluding steroid dienone is 2. The van der Waals surface area contributed by atoms with Gasteiger partial charge in [0, 0.05) is 6.20 Å². The number of nitrogens with zero attached hydrogens (tertiary/aromatic N) is 2. The summed E-state index contributed by atoms with van der Waals surface area (Å²) in [6.45, 7) is 0. The lowest BCUT2D eigenvalue weighted by atomic mass is 10.0. The van der Waals surface area contributed by atoms with Crippen LogP contribution in [0.3, 0.4) is 0 Å². The summed E-state index contributed by atoms with van der Waals surface area (Å²) in [7, 11) is 0. The molecular weight excluding hydrogens is 216 g/mol. The van der Waals surface area contributed by atoms with E-state index in [0.717, 1.165) is 11.3 Å². The molecule has 0 radical (unpaired) electrons. The van der Waals surface area contributed by atoms with Crippen LogP contribution in [0.4, 0.5) is 0 Å². The van der Waals surface area contributed by atoms with E-state index in [-0.39, 0.29) is 6.04 Å². The van der Waals surface area contributed by atoms with E-state index in [0.29, 0.717) is 5.11 Å². The molecular formula is C13H10N2S. The van der Waals surface area contributed by atoms with Crippen molar-refractivity contribution in [3.05, 3.63) is 60.3 Å². The first kappa shape index (κ1) is 9.48. The van der Waals surface area contributed by atoms with Crippen LogP contribution in [0.25, 0.3) is 0 Å². The molecule has 1 unspecified atom stereocenters. The quantitative estimate of drug-likeness (QED) is 0.684. The summed E-state index contributed by atoms with van der Waals surface area (Å²) in [5.74, 6) is 0. The molecule has 0 saturated carbocycles. The molecule has 0 N–H and O–H groups in total. The summed E-state index contributed by atoms with van der Waals surface area (Å²) < 4.78 is 0. The maximum atomic E-state index is 5.25. The van der Waals surface area contributed by atoms with Gasteiger partial charge in [-0.2, -0.15) is 0 Å². The number of fused-ring (bicyclic) bond motifs is 1. The molecule has 2 heterocycles. The van der Waals surface area contributed by atoms with Crippen LogP contribution in [0.1, 0.15) is 5.56 Å². The van der Waals surface area contributed by atoms with Crippen LogP contribution in [0.2, 0.25) is 0 Å². The second kappa shape index (κ2) is 3.68. The zero-order valence-corrected chi connectivity index (χ0v) is 9.39. The van der Waals surface area contributed by atoms with Crippen LogP contribution in [0.5, 0.6) is 0 Å². The fourth-order valence-electron chi connectivity index (χ4n) is 1.97. The van der Waals surface area contributed by atoms with Crippen molar-refractivity contribution in [1.82, 2.24) is 4.90 Å². The molecule has 0 spiro atoms. The lowest BCUT2D eigenvalue weighted by molar-refractivity contribution is 0.577. The number of hydrogen-bond donors (Lipinski definition) is 0. The highest BCUT2D eigenvalue weighted by Crippen LogP contribution is 2.22. The van der Waals surface area contributed by atoms with Crippen molar-refractivity contribution in [3.63, 3.8) is 0 Å². The van der Waals surface area contributed by atoms with E-state index in [1.807, 2.05) is 41.5 Å². The monoisotopic (exact) mass is 226 g/mol. The van der Waals surface area contributed by atoms with Crippen molar-refractivity contribution in [2.24, 2.45) is 4.99 Å². The van der Waals surface area contributed by atoms with Crippen molar-refractivity contribution >= 4 is 23.0 Å². The topological polar surface area (TPSA) is 15.6 Å². The summed E-state index contributed by atoms with van der Waals surface area (Å²) in [5.41, 5.74) is 2.17. The lowest BCUT2D eigenvalue weighted by Gasteiger charge is -2.22. The van der Waals surface area contributed by atoms with Gasteiger partial charge < -0.3 is 4.90 Å². The van der Waals surface area contributed by atoms with Crippen LogP contribution in [0.15, 0.2) is 59.8 Å². The van der Waals surface area contributed by atoms with Crippen LogP contribution in [-0.2, 0) is 0 Å². The van der Waals surface area contributed by atoms with E-state index in [9.17, 15) is 0 Å². The SMILES string of the molecule is S=C1N=C(c2ccccc2)C2C=CC=CN12. The standard InChI is InChI=1S/C13H10N2S/c16-13-14-12(10-6-2-1-3-7-10)11-8-4-5-9-15(11)13/h1-9,11H. The Morgan fingerprint density at radius 3 is 2.75 bits per heavy atom. The summed E-state index contributed by atoms with van der Waals surface area (Å²) in [5, 5.41) is 0.643. The van der Waals surface area contributed by atoms with Gasteiger partial charge in [-0.1, -0.05) is 42.5 Å². The number of aliphatic imine (C=N–C) groups is 1. The van der Waals surface area contributed by atoms with E-state index in [1.54, 1.807) is 0 Å². The Balaban J connectivity index is 2.04. The minimum atomic E-state index is 0.167. The molecule has 0 aliphatic carbocycles. The van der Waals surface area contributed by atoms with Gasteiger partial charge in [-0.25, -0.2) is 4.99 Å². The fourth-order valence-corrected chi connectivity index (χ4v) is 2.25. The summed E-state index contributed by atoms with van der Waals surface area (Å²) in [6, 6.07) is 10.3. The molecule has 2 aliphatic heterocycles. The Hall–Kier alpha value is -1.74. The smallest absolute Gasteiger partial charge is 0.200 e. The van der Waals surface area contributed by atoms with E-state index >= 15 is 0 Å². The van der Waals surface area contributed by atoms with Gasteiger partial charge in [0.05, 0.1) is 11.8 Å². The third-order valence-corrected chi connectivity index (χ3v) is 3.04. The molecule has 3 rings (SSSR count). The Labute approximate surface area is 99.6 Å². The van der Waals surface area contributed by atoms with E-state index in [1.165, 1.54) is 0 Å². The second-order valence-corrected chi connectivity index (χ2v) is 4.09. The number of thiocarbonyl (C=S) groups is 1. The Morgan fingerprint density at radius 1 is 1.12 bits per heavy atom. The van der Waals surface area contributed by atoms with Gasteiger partial charge in [0.25, 0.3) is 0 Å². The van der Waals surface area contributed by atoms with Crippen molar-refractivity contribution in [3.8, 4) is 0 Å². The van der Waals surface area contributed by atoms with Crippen LogP contribution >= 0.6 is 12.2 Å². The molecule has 16 heavy (non-hydrogen) atoms. The van der Waals surface area contributed by atoms with Crippen LogP contribution in [0, 0.1) is 0 Å². The first-order valence-corrected chi connectivity index (χ1v) is 5.58. The zero-order chi connectivity index (χ0) is 11.0. The molecule has 2 aliphatic rings. The molecule has 0 fully saturated rings. The Kier molecular flexibility index (Phi) is 2.18. The average molecular weight is 226 g/mol. The maximum Gasteiger partial charge on any atom is 0.200 e. The number of rotatable bonds is 1. The molecule has 1 aromatic rings. The van der Waals surface area contributed by atoms with E-state index in [2.05, 4.69) is 23.2 Å². The predicted octanol–water partition coefficient (Wildman–Crippen LogP) is 2.53. The van der Waals surface area contributed by atoms with Gasteiger partial charge in [0.1, 0.15) is 0 Å². The van der Waals surface area contributed by atoms with Crippen LogP contribution in [-0.4, -0.2) is 21.8 Å². The van der Waals surface area contributed by atoms with Gasteiger partial charge in [0.2, 0.25) is 5.11 Å². The van der Waals surface area contributed by atoms with Gasteiger partial charge in [-0.15, -0.1) is 0 Å². The highest BCUT2D eigenvalue weighted by atomic mass is 32.1. The lowest BCUT2D eigenvalue weighted by Crippen LogP contribution is -2.33. The van der Waals surface area contributed by atoms with Gasteiger partial charge in [-0.3, -0.25) is 0 Å². The van der Waals surface area contributed by atoms with Crippen molar-refractivity contribution < 1.29 is 0 Å².